The zero-order valence-corrected chi connectivity index (χ0v) is 18.7. The first kappa shape index (κ1) is 21.4. The van der Waals surface area contributed by atoms with Gasteiger partial charge in [0.05, 0.1) is 29.8 Å². The molecule has 2 heterocycles. The average Bonchev–Trinajstić information content (AvgIpc) is 3.33. The number of thioether (sulfide) groups is 1. The molecule has 0 atom stereocenters. The molecule has 1 saturated heterocycles. The highest BCUT2D eigenvalue weighted by atomic mass is 35.5. The number of carbonyl (C=O) groups is 2. The van der Waals surface area contributed by atoms with E-state index in [0.717, 1.165) is 16.7 Å². The van der Waals surface area contributed by atoms with Crippen LogP contribution in [0.25, 0.3) is 17.4 Å². The fourth-order valence-corrected chi connectivity index (χ4v) is 4.23. The zero-order valence-electron chi connectivity index (χ0n) is 16.3. The molecule has 2 amide bonds. The summed E-state index contributed by atoms with van der Waals surface area (Å²) < 4.78 is 16.3. The molecular formula is C22H15Cl2NO5S. The molecule has 1 aromatic heterocycles. The summed E-state index contributed by atoms with van der Waals surface area (Å²) in [6, 6.07) is 13.3. The second-order valence-corrected chi connectivity index (χ2v) is 8.22. The van der Waals surface area contributed by atoms with Gasteiger partial charge >= 0.3 is 0 Å². The number of benzene rings is 2. The minimum atomic E-state index is -0.475. The van der Waals surface area contributed by atoms with Gasteiger partial charge in [0.15, 0.2) is 0 Å². The van der Waals surface area contributed by atoms with Crippen molar-refractivity contribution in [3.05, 3.63) is 69.2 Å². The van der Waals surface area contributed by atoms with Gasteiger partial charge in [-0.3, -0.25) is 9.59 Å². The number of rotatable bonds is 5. The van der Waals surface area contributed by atoms with Crippen LogP contribution >= 0.6 is 35.0 Å². The van der Waals surface area contributed by atoms with Crippen molar-refractivity contribution >= 4 is 57.9 Å². The third-order valence-electron chi connectivity index (χ3n) is 4.52. The SMILES string of the molecule is COc1ccc(N2C(=O)S/C(=C/c3ccc(-c4cc(Cl)ccc4Cl)o3)C2=O)c(OC)c1. The number of hydrogen-bond acceptors (Lipinski definition) is 6. The van der Waals surface area contributed by atoms with Gasteiger partial charge < -0.3 is 13.9 Å². The number of methoxy groups -OCH3 is 2. The van der Waals surface area contributed by atoms with Gasteiger partial charge in [-0.2, -0.15) is 0 Å². The predicted octanol–water partition coefficient (Wildman–Crippen LogP) is 6.51. The molecule has 9 heteroatoms. The standard InChI is InChI=1S/C22H15Cl2NO5S/c1-28-13-4-7-17(19(10-13)29-2)25-21(26)20(31-22(25)27)11-14-5-8-18(30-14)15-9-12(23)3-6-16(15)24/h3-11H,1-2H3/b20-11+. The van der Waals surface area contributed by atoms with Crippen LogP contribution in [0.1, 0.15) is 5.76 Å². The van der Waals surface area contributed by atoms with Crippen molar-refractivity contribution in [3.63, 3.8) is 0 Å². The smallest absolute Gasteiger partial charge is 0.298 e. The van der Waals surface area contributed by atoms with E-state index in [2.05, 4.69) is 0 Å². The van der Waals surface area contributed by atoms with E-state index in [1.807, 2.05) is 0 Å². The lowest BCUT2D eigenvalue weighted by Gasteiger charge is -2.16. The lowest BCUT2D eigenvalue weighted by Crippen LogP contribution is -2.28. The molecule has 4 rings (SSSR count). The van der Waals surface area contributed by atoms with Crippen LogP contribution in [0.2, 0.25) is 10.0 Å². The molecule has 0 radical (unpaired) electrons. The van der Waals surface area contributed by atoms with Gasteiger partial charge in [-0.15, -0.1) is 0 Å². The highest BCUT2D eigenvalue weighted by Gasteiger charge is 2.38. The van der Waals surface area contributed by atoms with Crippen molar-refractivity contribution < 1.29 is 23.5 Å². The van der Waals surface area contributed by atoms with Crippen LogP contribution in [0.4, 0.5) is 10.5 Å². The van der Waals surface area contributed by atoms with Gasteiger partial charge in [-0.1, -0.05) is 23.2 Å². The quantitative estimate of drug-likeness (QED) is 0.391. The molecule has 0 saturated carbocycles. The van der Waals surface area contributed by atoms with Gasteiger partial charge in [-0.05, 0) is 54.2 Å². The normalized spacial score (nSPS) is 15.1. The lowest BCUT2D eigenvalue weighted by atomic mass is 10.2. The number of furan rings is 1. The molecule has 31 heavy (non-hydrogen) atoms. The van der Waals surface area contributed by atoms with Gasteiger partial charge in [-0.25, -0.2) is 4.90 Å². The first-order chi connectivity index (χ1) is 14.9. The van der Waals surface area contributed by atoms with Crippen LogP contribution in [-0.2, 0) is 4.79 Å². The van der Waals surface area contributed by atoms with Gasteiger partial charge in [0.25, 0.3) is 11.1 Å². The molecule has 0 N–H and O–H groups in total. The summed E-state index contributed by atoms with van der Waals surface area (Å²) in [7, 11) is 2.98. The molecule has 3 aromatic rings. The van der Waals surface area contributed by atoms with E-state index in [0.29, 0.717) is 44.3 Å². The number of imide groups is 1. The van der Waals surface area contributed by atoms with E-state index in [1.165, 1.54) is 20.3 Å². The molecule has 0 unspecified atom stereocenters. The minimum Gasteiger partial charge on any atom is -0.497 e. The number of anilines is 1. The van der Waals surface area contributed by atoms with E-state index in [9.17, 15) is 9.59 Å². The molecule has 1 aliphatic rings. The lowest BCUT2D eigenvalue weighted by molar-refractivity contribution is -0.113. The van der Waals surface area contributed by atoms with Crippen LogP contribution in [0.15, 0.2) is 57.9 Å². The highest BCUT2D eigenvalue weighted by molar-refractivity contribution is 8.19. The molecule has 1 aliphatic heterocycles. The Morgan fingerprint density at radius 1 is 1.00 bits per heavy atom. The van der Waals surface area contributed by atoms with Gasteiger partial charge in [0.2, 0.25) is 0 Å². The second kappa shape index (κ2) is 8.70. The molecule has 1 fully saturated rings. The van der Waals surface area contributed by atoms with Crippen LogP contribution in [0, 0.1) is 0 Å². The summed E-state index contributed by atoms with van der Waals surface area (Å²) in [5.74, 6) is 1.31. The van der Waals surface area contributed by atoms with Crippen molar-refractivity contribution in [1.29, 1.82) is 0 Å². The van der Waals surface area contributed by atoms with E-state index >= 15 is 0 Å². The maximum absolute atomic E-state index is 13.0. The summed E-state index contributed by atoms with van der Waals surface area (Å²) >= 11 is 13.1. The fourth-order valence-electron chi connectivity index (χ4n) is 3.04. The van der Waals surface area contributed by atoms with Crippen molar-refractivity contribution in [2.24, 2.45) is 0 Å². The van der Waals surface area contributed by atoms with E-state index < -0.39 is 11.1 Å². The second-order valence-electron chi connectivity index (χ2n) is 6.38. The predicted molar refractivity (Wildman–Crippen MR) is 122 cm³/mol. The van der Waals surface area contributed by atoms with Crippen LogP contribution in [-0.4, -0.2) is 25.4 Å². The Kier molecular flexibility index (Phi) is 6.00. The van der Waals surface area contributed by atoms with Crippen LogP contribution in [0.5, 0.6) is 11.5 Å². The molecule has 6 nitrogen and oxygen atoms in total. The average molecular weight is 476 g/mol. The van der Waals surface area contributed by atoms with Crippen molar-refractivity contribution in [1.82, 2.24) is 0 Å². The largest absolute Gasteiger partial charge is 0.497 e. The number of amides is 2. The van der Waals surface area contributed by atoms with E-state index in [4.69, 9.17) is 37.1 Å². The van der Waals surface area contributed by atoms with Crippen molar-refractivity contribution in [2.45, 2.75) is 0 Å². The first-order valence-electron chi connectivity index (χ1n) is 8.96. The van der Waals surface area contributed by atoms with Crippen LogP contribution in [0.3, 0.4) is 0 Å². The molecule has 158 valence electrons. The number of nitrogens with zero attached hydrogens (tertiary/aromatic N) is 1. The summed E-state index contributed by atoms with van der Waals surface area (Å²) in [5, 5.41) is 0.563. The van der Waals surface area contributed by atoms with E-state index in [-0.39, 0.29) is 4.91 Å². The Morgan fingerprint density at radius 2 is 1.81 bits per heavy atom. The first-order valence-corrected chi connectivity index (χ1v) is 10.5. The number of hydrogen-bond donors (Lipinski definition) is 0. The Hall–Kier alpha value is -2.87. The summed E-state index contributed by atoms with van der Waals surface area (Å²) in [6.07, 6.45) is 1.52. The molecule has 2 aromatic carbocycles. The number of halogens is 2. The maximum atomic E-state index is 13.0. The summed E-state index contributed by atoms with van der Waals surface area (Å²) in [5.41, 5.74) is 0.963. The van der Waals surface area contributed by atoms with Crippen molar-refractivity contribution in [2.75, 3.05) is 19.1 Å². The van der Waals surface area contributed by atoms with Gasteiger partial charge in [0.1, 0.15) is 23.0 Å². The monoisotopic (exact) mass is 475 g/mol. The third kappa shape index (κ3) is 4.17. The van der Waals surface area contributed by atoms with E-state index in [1.54, 1.807) is 48.5 Å². The summed E-state index contributed by atoms with van der Waals surface area (Å²) in [6.45, 7) is 0. The molecular weight excluding hydrogens is 461 g/mol. The fraction of sp³-hybridized carbons (Fsp3) is 0.0909. The maximum Gasteiger partial charge on any atom is 0.298 e. The number of ether oxygens (including phenoxy) is 2. The molecule has 0 spiro atoms. The van der Waals surface area contributed by atoms with Crippen LogP contribution < -0.4 is 14.4 Å². The molecule has 0 bridgehead atoms. The Balaban J connectivity index is 1.64. The minimum absolute atomic E-state index is 0.223. The Bertz CT molecular complexity index is 1220. The zero-order chi connectivity index (χ0) is 22.1. The topological polar surface area (TPSA) is 69.0 Å². The van der Waals surface area contributed by atoms with Gasteiger partial charge in [0, 0.05) is 22.7 Å². The molecule has 0 aliphatic carbocycles. The number of carbonyl (C=O) groups excluding carboxylic acids is 2. The van der Waals surface area contributed by atoms with Crippen molar-refractivity contribution in [3.8, 4) is 22.8 Å². The summed E-state index contributed by atoms with van der Waals surface area (Å²) in [4.78, 5) is 26.8. The highest BCUT2D eigenvalue weighted by Crippen LogP contribution is 2.41. The third-order valence-corrected chi connectivity index (χ3v) is 5.95. The Labute approximate surface area is 192 Å². The Morgan fingerprint density at radius 3 is 2.55 bits per heavy atom.